The molecule has 0 bridgehead atoms. The molecule has 0 aliphatic carbocycles. The quantitative estimate of drug-likeness (QED) is 0.696. The van der Waals surface area contributed by atoms with Crippen LogP contribution in [0.5, 0.6) is 0 Å². The summed E-state index contributed by atoms with van der Waals surface area (Å²) < 4.78 is 27.8. The highest BCUT2D eigenvalue weighted by Gasteiger charge is 2.51. The van der Waals surface area contributed by atoms with Gasteiger partial charge in [0.15, 0.2) is 0 Å². The highest BCUT2D eigenvalue weighted by Crippen LogP contribution is 2.38. The van der Waals surface area contributed by atoms with Crippen LogP contribution in [-0.2, 0) is 10.0 Å². The largest absolute Gasteiger partial charge is 0.315 e. The molecule has 4 heterocycles. The number of nitrogens with zero attached hydrogens (tertiary/aromatic N) is 4. The summed E-state index contributed by atoms with van der Waals surface area (Å²) in [5.41, 5.74) is 5.08. The summed E-state index contributed by atoms with van der Waals surface area (Å²) in [6.07, 6.45) is 5.13. The van der Waals surface area contributed by atoms with Gasteiger partial charge in [-0.05, 0) is 43.7 Å². The van der Waals surface area contributed by atoms with Gasteiger partial charge in [0.1, 0.15) is 0 Å². The van der Waals surface area contributed by atoms with E-state index in [0.717, 1.165) is 41.2 Å². The Kier molecular flexibility index (Phi) is 4.46. The predicted octanol–water partition coefficient (Wildman–Crippen LogP) is 2.42. The average molecular weight is 422 g/mol. The minimum absolute atomic E-state index is 0.142. The lowest BCUT2D eigenvalue weighted by Crippen LogP contribution is -2.71. The summed E-state index contributed by atoms with van der Waals surface area (Å²) in [4.78, 5) is 13.6. The maximum atomic E-state index is 13.1. The van der Waals surface area contributed by atoms with E-state index in [4.69, 9.17) is 4.98 Å². The molecule has 2 aliphatic heterocycles. The monoisotopic (exact) mass is 421 g/mol. The molecule has 1 N–H and O–H groups in total. The molecular formula is C22H23N5O2S. The molecule has 1 spiro atoms. The number of hydrogen-bond acceptors (Lipinski definition) is 6. The molecular weight excluding hydrogens is 398 g/mol. The maximum absolute atomic E-state index is 13.1. The van der Waals surface area contributed by atoms with E-state index in [1.54, 1.807) is 35.0 Å². The lowest BCUT2D eigenvalue weighted by atomic mass is 9.76. The Morgan fingerprint density at radius 3 is 2.50 bits per heavy atom. The molecule has 0 saturated carbocycles. The van der Waals surface area contributed by atoms with Crippen molar-refractivity contribution in [2.75, 3.05) is 26.2 Å². The summed E-state index contributed by atoms with van der Waals surface area (Å²) in [7, 11) is -3.52. The molecule has 7 nitrogen and oxygen atoms in total. The van der Waals surface area contributed by atoms with E-state index in [1.165, 1.54) is 0 Å². The minimum Gasteiger partial charge on any atom is -0.315 e. The number of aryl methyl sites for hydroxylation is 2. The second kappa shape index (κ2) is 6.94. The van der Waals surface area contributed by atoms with Gasteiger partial charge >= 0.3 is 0 Å². The highest BCUT2D eigenvalue weighted by molar-refractivity contribution is 7.89. The molecule has 0 radical (unpaired) electrons. The zero-order chi connectivity index (χ0) is 20.9. The molecule has 2 saturated heterocycles. The first-order valence-electron chi connectivity index (χ1n) is 9.93. The number of hydrogen-bond donors (Lipinski definition) is 1. The fraction of sp³-hybridized carbons (Fsp3) is 0.318. The summed E-state index contributed by atoms with van der Waals surface area (Å²) >= 11 is 0. The number of nitrogens with one attached hydrogen (secondary N) is 1. The SMILES string of the molecule is Cc1cc(-c2cncc(-c3cc(S(=O)(=O)N4CC5(CNC5)C4)ccc3C)n2)ccn1. The van der Waals surface area contributed by atoms with E-state index in [2.05, 4.69) is 15.3 Å². The van der Waals surface area contributed by atoms with Crippen molar-refractivity contribution in [3.8, 4) is 22.5 Å². The smallest absolute Gasteiger partial charge is 0.243 e. The normalized spacial score (nSPS) is 18.1. The van der Waals surface area contributed by atoms with Gasteiger partial charge in [0.25, 0.3) is 0 Å². The Bertz CT molecular complexity index is 1230. The fourth-order valence-electron chi connectivity index (χ4n) is 4.10. The van der Waals surface area contributed by atoms with Gasteiger partial charge in [-0.3, -0.25) is 9.97 Å². The Balaban J connectivity index is 1.49. The van der Waals surface area contributed by atoms with Crippen LogP contribution in [-0.4, -0.2) is 53.9 Å². The zero-order valence-electron chi connectivity index (χ0n) is 17.0. The topological polar surface area (TPSA) is 88.1 Å². The van der Waals surface area contributed by atoms with Crippen LogP contribution in [0.2, 0.25) is 0 Å². The Morgan fingerprint density at radius 1 is 1.03 bits per heavy atom. The first-order chi connectivity index (χ1) is 14.4. The third-order valence-corrected chi connectivity index (χ3v) is 7.76. The van der Waals surface area contributed by atoms with Crippen molar-refractivity contribution < 1.29 is 8.42 Å². The molecule has 0 amide bonds. The number of pyridine rings is 1. The molecule has 1 aromatic carbocycles. The van der Waals surface area contributed by atoms with Gasteiger partial charge in [-0.25, -0.2) is 13.4 Å². The van der Waals surface area contributed by atoms with Crippen molar-refractivity contribution in [2.24, 2.45) is 5.41 Å². The van der Waals surface area contributed by atoms with Gasteiger partial charge in [0, 0.05) is 54.6 Å². The van der Waals surface area contributed by atoms with Crippen molar-refractivity contribution in [1.29, 1.82) is 0 Å². The van der Waals surface area contributed by atoms with Crippen LogP contribution in [0.15, 0.2) is 53.8 Å². The van der Waals surface area contributed by atoms with Crippen LogP contribution in [0.3, 0.4) is 0 Å². The molecule has 154 valence electrons. The third kappa shape index (κ3) is 3.21. The molecule has 2 aromatic heterocycles. The molecule has 0 atom stereocenters. The fourth-order valence-corrected chi connectivity index (χ4v) is 5.79. The zero-order valence-corrected chi connectivity index (χ0v) is 17.8. The molecule has 3 aromatic rings. The summed E-state index contributed by atoms with van der Waals surface area (Å²) in [5.74, 6) is 0. The van der Waals surface area contributed by atoms with Gasteiger partial charge in [0.2, 0.25) is 10.0 Å². The van der Waals surface area contributed by atoms with Crippen molar-refractivity contribution in [3.63, 3.8) is 0 Å². The average Bonchev–Trinajstić information content (AvgIpc) is 2.66. The summed E-state index contributed by atoms with van der Waals surface area (Å²) in [6.45, 7) is 6.85. The number of benzene rings is 1. The molecule has 8 heteroatoms. The van der Waals surface area contributed by atoms with Crippen LogP contribution in [0.1, 0.15) is 11.3 Å². The van der Waals surface area contributed by atoms with E-state index in [-0.39, 0.29) is 5.41 Å². The predicted molar refractivity (Wildman–Crippen MR) is 114 cm³/mol. The lowest BCUT2D eigenvalue weighted by molar-refractivity contribution is 0.0164. The molecule has 2 aliphatic rings. The Morgan fingerprint density at radius 2 is 1.80 bits per heavy atom. The summed E-state index contributed by atoms with van der Waals surface area (Å²) in [5, 5.41) is 3.24. The van der Waals surface area contributed by atoms with E-state index < -0.39 is 10.0 Å². The first kappa shape index (κ1) is 19.3. The maximum Gasteiger partial charge on any atom is 0.243 e. The summed E-state index contributed by atoms with van der Waals surface area (Å²) in [6, 6.07) is 9.09. The number of aromatic nitrogens is 3. The van der Waals surface area contributed by atoms with Crippen molar-refractivity contribution >= 4 is 10.0 Å². The van der Waals surface area contributed by atoms with Crippen LogP contribution in [0.25, 0.3) is 22.5 Å². The van der Waals surface area contributed by atoms with Gasteiger partial charge in [0.05, 0.1) is 28.7 Å². The van der Waals surface area contributed by atoms with Crippen molar-refractivity contribution in [3.05, 3.63) is 60.2 Å². The van der Waals surface area contributed by atoms with Crippen LogP contribution < -0.4 is 5.32 Å². The van der Waals surface area contributed by atoms with Gasteiger partial charge < -0.3 is 5.32 Å². The van der Waals surface area contributed by atoms with Crippen molar-refractivity contribution in [1.82, 2.24) is 24.6 Å². The van der Waals surface area contributed by atoms with Crippen molar-refractivity contribution in [2.45, 2.75) is 18.7 Å². The number of sulfonamides is 1. The Hall–Kier alpha value is -2.68. The van der Waals surface area contributed by atoms with Gasteiger partial charge in [-0.2, -0.15) is 4.31 Å². The highest BCUT2D eigenvalue weighted by atomic mass is 32.2. The number of rotatable bonds is 4. The molecule has 30 heavy (non-hydrogen) atoms. The van der Waals surface area contributed by atoms with Crippen LogP contribution in [0, 0.1) is 19.3 Å². The molecule has 2 fully saturated rings. The lowest BCUT2D eigenvalue weighted by Gasteiger charge is -2.55. The minimum atomic E-state index is -3.52. The first-order valence-corrected chi connectivity index (χ1v) is 11.4. The van der Waals surface area contributed by atoms with Gasteiger partial charge in [-0.1, -0.05) is 6.07 Å². The third-order valence-electron chi connectivity index (χ3n) is 5.97. The van der Waals surface area contributed by atoms with E-state index in [0.29, 0.717) is 23.7 Å². The molecule has 5 rings (SSSR count). The van der Waals surface area contributed by atoms with E-state index in [9.17, 15) is 8.42 Å². The Labute approximate surface area is 176 Å². The molecule has 0 unspecified atom stereocenters. The van der Waals surface area contributed by atoms with Crippen LogP contribution in [0.4, 0.5) is 0 Å². The van der Waals surface area contributed by atoms with Gasteiger partial charge in [-0.15, -0.1) is 0 Å². The van der Waals surface area contributed by atoms with E-state index in [1.807, 2.05) is 32.0 Å². The van der Waals surface area contributed by atoms with E-state index >= 15 is 0 Å². The second-order valence-electron chi connectivity index (χ2n) is 8.33. The second-order valence-corrected chi connectivity index (χ2v) is 10.3. The standard InChI is InChI=1S/C22H23N5O2S/c1-15-3-4-18(30(28,29)27-13-22(14-27)11-24-12-22)8-19(15)21-10-23-9-20(26-21)17-5-6-25-16(2)7-17/h3-10,24H,11-14H2,1-2H3. The van der Waals surface area contributed by atoms with Crippen LogP contribution >= 0.6 is 0 Å².